The lowest BCUT2D eigenvalue weighted by Crippen LogP contribution is -2.30. The molecular formula is C14H21NOS. The third-order valence-corrected chi connectivity index (χ3v) is 3.76. The quantitative estimate of drug-likeness (QED) is 0.621. The van der Waals surface area contributed by atoms with E-state index in [1.165, 1.54) is 10.5 Å². The molecule has 0 aliphatic heterocycles. The van der Waals surface area contributed by atoms with Gasteiger partial charge in [0.1, 0.15) is 0 Å². The molecule has 1 aromatic rings. The molecule has 0 aromatic heterocycles. The first-order valence-electron chi connectivity index (χ1n) is 6.10. The molecule has 2 nitrogen and oxygen atoms in total. The van der Waals surface area contributed by atoms with Gasteiger partial charge in [-0.25, -0.2) is 0 Å². The number of thioether (sulfide) groups is 1. The maximum Gasteiger partial charge on any atom is 0.222 e. The van der Waals surface area contributed by atoms with E-state index in [9.17, 15) is 4.79 Å². The third-order valence-electron chi connectivity index (χ3n) is 2.75. The summed E-state index contributed by atoms with van der Waals surface area (Å²) < 4.78 is 0. The summed E-state index contributed by atoms with van der Waals surface area (Å²) in [7, 11) is 0. The fourth-order valence-corrected chi connectivity index (χ4v) is 2.11. The molecule has 0 saturated carbocycles. The van der Waals surface area contributed by atoms with Crippen LogP contribution in [-0.2, 0) is 4.79 Å². The summed E-state index contributed by atoms with van der Waals surface area (Å²) >= 11 is 1.78. The molecule has 0 heterocycles. The SMILES string of the molecule is CC[C@H](C)C(=O)NCCSc1ccc(C)cc1. The Balaban J connectivity index is 2.20. The third kappa shape index (κ3) is 5.26. The van der Waals surface area contributed by atoms with E-state index in [4.69, 9.17) is 0 Å². The Hall–Kier alpha value is -0.960. The van der Waals surface area contributed by atoms with Gasteiger partial charge in [0, 0.05) is 23.1 Å². The van der Waals surface area contributed by atoms with Crippen molar-refractivity contribution in [2.24, 2.45) is 5.92 Å². The van der Waals surface area contributed by atoms with E-state index in [2.05, 4.69) is 36.5 Å². The summed E-state index contributed by atoms with van der Waals surface area (Å²) in [4.78, 5) is 12.8. The molecule has 0 radical (unpaired) electrons. The Labute approximate surface area is 108 Å². The van der Waals surface area contributed by atoms with E-state index in [0.29, 0.717) is 0 Å². The highest BCUT2D eigenvalue weighted by Gasteiger charge is 2.08. The standard InChI is InChI=1S/C14H21NOS/c1-4-12(3)14(16)15-9-10-17-13-7-5-11(2)6-8-13/h5-8,12H,4,9-10H2,1-3H3,(H,15,16)/t12-/m0/s1. The maximum atomic E-state index is 11.5. The van der Waals surface area contributed by atoms with Gasteiger partial charge in [-0.1, -0.05) is 31.5 Å². The lowest BCUT2D eigenvalue weighted by Gasteiger charge is -2.09. The van der Waals surface area contributed by atoms with Crippen LogP contribution in [0.25, 0.3) is 0 Å². The minimum absolute atomic E-state index is 0.124. The van der Waals surface area contributed by atoms with E-state index < -0.39 is 0 Å². The van der Waals surface area contributed by atoms with Crippen LogP contribution in [-0.4, -0.2) is 18.2 Å². The molecule has 1 aromatic carbocycles. The molecule has 0 bridgehead atoms. The Morgan fingerprint density at radius 1 is 1.35 bits per heavy atom. The second-order valence-corrected chi connectivity index (χ2v) is 5.43. The van der Waals surface area contributed by atoms with Crippen molar-refractivity contribution in [1.82, 2.24) is 5.32 Å². The van der Waals surface area contributed by atoms with Gasteiger partial charge in [0.2, 0.25) is 5.91 Å². The Kier molecular flexibility index (Phi) is 6.12. The van der Waals surface area contributed by atoms with Crippen LogP contribution in [0.4, 0.5) is 0 Å². The van der Waals surface area contributed by atoms with Crippen LogP contribution in [0.5, 0.6) is 0 Å². The van der Waals surface area contributed by atoms with Crippen molar-refractivity contribution < 1.29 is 4.79 Å². The zero-order valence-corrected chi connectivity index (χ0v) is 11.6. The first-order valence-corrected chi connectivity index (χ1v) is 7.09. The van der Waals surface area contributed by atoms with Crippen LogP contribution in [0.3, 0.4) is 0 Å². The number of benzene rings is 1. The zero-order chi connectivity index (χ0) is 12.7. The fourth-order valence-electron chi connectivity index (χ4n) is 1.34. The molecule has 0 aliphatic rings. The van der Waals surface area contributed by atoms with Gasteiger partial charge in [-0.05, 0) is 25.5 Å². The van der Waals surface area contributed by atoms with E-state index in [1.807, 2.05) is 13.8 Å². The minimum Gasteiger partial charge on any atom is -0.355 e. The highest BCUT2D eigenvalue weighted by molar-refractivity contribution is 7.99. The average molecular weight is 251 g/mol. The average Bonchev–Trinajstić information content (AvgIpc) is 2.35. The van der Waals surface area contributed by atoms with E-state index in [-0.39, 0.29) is 11.8 Å². The molecule has 1 atom stereocenters. The number of nitrogens with one attached hydrogen (secondary N) is 1. The van der Waals surface area contributed by atoms with Gasteiger partial charge >= 0.3 is 0 Å². The molecule has 94 valence electrons. The van der Waals surface area contributed by atoms with Crippen LogP contribution < -0.4 is 5.32 Å². The first-order chi connectivity index (χ1) is 8.13. The number of amides is 1. The molecule has 0 fully saturated rings. The monoisotopic (exact) mass is 251 g/mol. The summed E-state index contributed by atoms with van der Waals surface area (Å²) in [6.07, 6.45) is 0.900. The summed E-state index contributed by atoms with van der Waals surface area (Å²) in [6.45, 7) is 6.82. The van der Waals surface area contributed by atoms with Crippen LogP contribution in [0, 0.1) is 12.8 Å². The first kappa shape index (κ1) is 14.1. The van der Waals surface area contributed by atoms with Crippen molar-refractivity contribution >= 4 is 17.7 Å². The number of aryl methyl sites for hydroxylation is 1. The normalized spacial score (nSPS) is 12.2. The summed E-state index contributed by atoms with van der Waals surface area (Å²) in [5.41, 5.74) is 1.28. The molecule has 1 rings (SSSR count). The van der Waals surface area contributed by atoms with Gasteiger partial charge in [-0.2, -0.15) is 0 Å². The smallest absolute Gasteiger partial charge is 0.222 e. The molecule has 0 saturated heterocycles. The van der Waals surface area contributed by atoms with Crippen LogP contribution in [0.1, 0.15) is 25.8 Å². The maximum absolute atomic E-state index is 11.5. The van der Waals surface area contributed by atoms with E-state index >= 15 is 0 Å². The second-order valence-electron chi connectivity index (χ2n) is 4.26. The Bertz CT molecular complexity index is 348. The molecule has 1 N–H and O–H groups in total. The summed E-state index contributed by atoms with van der Waals surface area (Å²) in [6, 6.07) is 8.47. The van der Waals surface area contributed by atoms with Crippen molar-refractivity contribution in [1.29, 1.82) is 0 Å². The predicted octanol–water partition coefficient (Wildman–Crippen LogP) is 3.25. The lowest BCUT2D eigenvalue weighted by atomic mass is 10.1. The molecule has 3 heteroatoms. The molecule has 0 unspecified atom stereocenters. The molecular weight excluding hydrogens is 230 g/mol. The number of hydrogen-bond acceptors (Lipinski definition) is 2. The van der Waals surface area contributed by atoms with Gasteiger partial charge in [0.05, 0.1) is 0 Å². The highest BCUT2D eigenvalue weighted by Crippen LogP contribution is 2.17. The van der Waals surface area contributed by atoms with Gasteiger partial charge in [-0.3, -0.25) is 4.79 Å². The number of carbonyl (C=O) groups is 1. The number of rotatable bonds is 6. The topological polar surface area (TPSA) is 29.1 Å². The fraction of sp³-hybridized carbons (Fsp3) is 0.500. The largest absolute Gasteiger partial charge is 0.355 e. The van der Waals surface area contributed by atoms with Crippen LogP contribution in [0.15, 0.2) is 29.2 Å². The van der Waals surface area contributed by atoms with E-state index in [0.717, 1.165) is 18.7 Å². The summed E-state index contributed by atoms with van der Waals surface area (Å²) in [5, 5.41) is 2.96. The predicted molar refractivity (Wildman–Crippen MR) is 74.4 cm³/mol. The zero-order valence-electron chi connectivity index (χ0n) is 10.8. The summed E-state index contributed by atoms with van der Waals surface area (Å²) in [5.74, 6) is 1.21. The van der Waals surface area contributed by atoms with Crippen LogP contribution in [0.2, 0.25) is 0 Å². The second kappa shape index (κ2) is 7.38. The minimum atomic E-state index is 0.124. The van der Waals surface area contributed by atoms with Crippen molar-refractivity contribution in [3.8, 4) is 0 Å². The van der Waals surface area contributed by atoms with Gasteiger partial charge < -0.3 is 5.32 Å². The molecule has 1 amide bonds. The Morgan fingerprint density at radius 2 is 2.00 bits per heavy atom. The van der Waals surface area contributed by atoms with Gasteiger partial charge in [0.25, 0.3) is 0 Å². The van der Waals surface area contributed by atoms with Crippen molar-refractivity contribution in [2.45, 2.75) is 32.1 Å². The van der Waals surface area contributed by atoms with Gasteiger partial charge in [0.15, 0.2) is 0 Å². The van der Waals surface area contributed by atoms with Crippen LogP contribution >= 0.6 is 11.8 Å². The molecule has 17 heavy (non-hydrogen) atoms. The van der Waals surface area contributed by atoms with Crippen molar-refractivity contribution in [2.75, 3.05) is 12.3 Å². The highest BCUT2D eigenvalue weighted by atomic mass is 32.2. The molecule has 0 spiro atoms. The number of hydrogen-bond donors (Lipinski definition) is 1. The lowest BCUT2D eigenvalue weighted by molar-refractivity contribution is -0.124. The number of carbonyl (C=O) groups excluding carboxylic acids is 1. The van der Waals surface area contributed by atoms with E-state index in [1.54, 1.807) is 11.8 Å². The van der Waals surface area contributed by atoms with Gasteiger partial charge in [-0.15, -0.1) is 11.8 Å². The Morgan fingerprint density at radius 3 is 2.59 bits per heavy atom. The van der Waals surface area contributed by atoms with Crippen molar-refractivity contribution in [3.05, 3.63) is 29.8 Å². The van der Waals surface area contributed by atoms with Crippen molar-refractivity contribution in [3.63, 3.8) is 0 Å². The molecule has 0 aliphatic carbocycles.